The van der Waals surface area contributed by atoms with E-state index >= 15 is 0 Å². The molecule has 0 aliphatic rings. The van der Waals surface area contributed by atoms with Crippen molar-refractivity contribution in [1.29, 1.82) is 0 Å². The SMILES string of the molecule is CCCC[Si@@](C(=O)O)(c1ccccc1)C(C)(C)C. The summed E-state index contributed by atoms with van der Waals surface area (Å²) in [5.74, 6) is 0. The Morgan fingerprint density at radius 1 is 1.22 bits per heavy atom. The van der Waals surface area contributed by atoms with Crippen LogP contribution < -0.4 is 5.19 Å². The van der Waals surface area contributed by atoms with Crippen LogP contribution in [0.3, 0.4) is 0 Å². The zero-order valence-corrected chi connectivity index (χ0v) is 12.9. The third-order valence-corrected chi connectivity index (χ3v) is 9.53. The van der Waals surface area contributed by atoms with E-state index < -0.39 is 13.7 Å². The average molecular weight is 264 g/mol. The van der Waals surface area contributed by atoms with E-state index in [2.05, 4.69) is 27.7 Å². The summed E-state index contributed by atoms with van der Waals surface area (Å²) in [7, 11) is -2.55. The van der Waals surface area contributed by atoms with E-state index in [1.807, 2.05) is 30.3 Å². The predicted molar refractivity (Wildman–Crippen MR) is 79.3 cm³/mol. The van der Waals surface area contributed by atoms with Crippen molar-refractivity contribution < 1.29 is 9.90 Å². The normalized spacial score (nSPS) is 15.1. The summed E-state index contributed by atoms with van der Waals surface area (Å²) in [6.45, 7) is 8.36. The number of hydrogen-bond donors (Lipinski definition) is 1. The molecule has 100 valence electrons. The lowest BCUT2D eigenvalue weighted by molar-refractivity contribution is 0.217. The van der Waals surface area contributed by atoms with Gasteiger partial charge in [-0.3, -0.25) is 4.79 Å². The minimum Gasteiger partial charge on any atom is -0.485 e. The van der Waals surface area contributed by atoms with Crippen LogP contribution in [0.25, 0.3) is 0 Å². The van der Waals surface area contributed by atoms with E-state index in [9.17, 15) is 9.90 Å². The number of benzene rings is 1. The van der Waals surface area contributed by atoms with Gasteiger partial charge in [0.2, 0.25) is 8.07 Å². The molecule has 0 aliphatic heterocycles. The van der Waals surface area contributed by atoms with Crippen LogP contribution in [-0.4, -0.2) is 18.8 Å². The van der Waals surface area contributed by atoms with Gasteiger partial charge in [-0.15, -0.1) is 0 Å². The molecule has 0 saturated carbocycles. The molecule has 3 heteroatoms. The van der Waals surface area contributed by atoms with Crippen LogP contribution >= 0.6 is 0 Å². The largest absolute Gasteiger partial charge is 0.485 e. The van der Waals surface area contributed by atoms with Crippen molar-refractivity contribution in [2.45, 2.75) is 51.6 Å². The summed E-state index contributed by atoms with van der Waals surface area (Å²) < 4.78 is 0. The Labute approximate surface area is 111 Å². The van der Waals surface area contributed by atoms with Gasteiger partial charge in [0.05, 0.1) is 0 Å². The number of unbranched alkanes of at least 4 members (excludes halogenated alkanes) is 1. The maximum absolute atomic E-state index is 12.0. The smallest absolute Gasteiger partial charge is 0.275 e. The van der Waals surface area contributed by atoms with Gasteiger partial charge in [-0.25, -0.2) is 0 Å². The lowest BCUT2D eigenvalue weighted by Crippen LogP contribution is -2.61. The second-order valence-corrected chi connectivity index (χ2v) is 10.7. The van der Waals surface area contributed by atoms with Gasteiger partial charge in [-0.2, -0.15) is 0 Å². The molecule has 0 saturated heterocycles. The molecule has 0 heterocycles. The lowest BCUT2D eigenvalue weighted by atomic mass is 10.2. The molecule has 0 aliphatic carbocycles. The van der Waals surface area contributed by atoms with Crippen molar-refractivity contribution >= 4 is 18.9 Å². The molecule has 1 atom stereocenters. The first-order valence-corrected chi connectivity index (χ1v) is 8.86. The summed E-state index contributed by atoms with van der Waals surface area (Å²) in [6.07, 6.45) is 2.04. The first-order chi connectivity index (χ1) is 8.36. The summed E-state index contributed by atoms with van der Waals surface area (Å²) in [5, 5.41) is 10.8. The molecule has 2 nitrogen and oxygen atoms in total. The standard InChI is InChI=1S/C15H24O2Si/c1-5-6-12-18(14(16)17,15(2,3)4)13-10-8-7-9-11-13/h7-11H,5-6,12H2,1-4H3,(H,16,17)/t18-/m0/s1. The summed E-state index contributed by atoms with van der Waals surface area (Å²) in [6, 6.07) is 10.7. The lowest BCUT2D eigenvalue weighted by Gasteiger charge is -2.39. The van der Waals surface area contributed by atoms with Crippen LogP contribution in [0.5, 0.6) is 0 Å². The van der Waals surface area contributed by atoms with E-state index in [1.54, 1.807) is 0 Å². The molecule has 18 heavy (non-hydrogen) atoms. The van der Waals surface area contributed by atoms with Gasteiger partial charge in [0.15, 0.2) is 0 Å². The third-order valence-electron chi connectivity index (χ3n) is 3.82. The molecule has 1 aromatic carbocycles. The van der Waals surface area contributed by atoms with Crippen LogP contribution in [0, 0.1) is 0 Å². The highest BCUT2D eigenvalue weighted by atomic mass is 28.3. The van der Waals surface area contributed by atoms with Crippen LogP contribution in [0.15, 0.2) is 30.3 Å². The molecule has 0 unspecified atom stereocenters. The van der Waals surface area contributed by atoms with Crippen LogP contribution in [0.2, 0.25) is 11.1 Å². The van der Waals surface area contributed by atoms with Gasteiger partial charge in [0, 0.05) is 0 Å². The van der Waals surface area contributed by atoms with Crippen molar-refractivity contribution in [2.75, 3.05) is 0 Å². The first-order valence-electron chi connectivity index (χ1n) is 6.65. The molecule has 1 aromatic rings. The van der Waals surface area contributed by atoms with Gasteiger partial charge in [-0.1, -0.05) is 70.9 Å². The minimum atomic E-state index is -2.55. The Morgan fingerprint density at radius 3 is 2.17 bits per heavy atom. The van der Waals surface area contributed by atoms with Crippen molar-refractivity contribution in [1.82, 2.24) is 0 Å². The van der Waals surface area contributed by atoms with Gasteiger partial charge in [-0.05, 0) is 16.3 Å². The number of carboxylic acid groups (broad SMARTS) is 1. The summed E-state index contributed by atoms with van der Waals surface area (Å²) in [5.41, 5.74) is -0.574. The van der Waals surface area contributed by atoms with E-state index in [0.717, 1.165) is 24.1 Å². The van der Waals surface area contributed by atoms with Crippen LogP contribution in [0.4, 0.5) is 4.79 Å². The van der Waals surface area contributed by atoms with E-state index in [-0.39, 0.29) is 5.04 Å². The molecule has 0 spiro atoms. The summed E-state index contributed by atoms with van der Waals surface area (Å²) >= 11 is 0. The fourth-order valence-electron chi connectivity index (χ4n) is 2.67. The van der Waals surface area contributed by atoms with Gasteiger partial charge < -0.3 is 5.11 Å². The van der Waals surface area contributed by atoms with Gasteiger partial charge in [0.1, 0.15) is 0 Å². The number of hydrogen-bond acceptors (Lipinski definition) is 1. The first kappa shape index (κ1) is 15.0. The monoisotopic (exact) mass is 264 g/mol. The molecule has 1 N–H and O–H groups in total. The Bertz CT molecular complexity index is 395. The molecule has 1 rings (SSSR count). The van der Waals surface area contributed by atoms with Crippen molar-refractivity contribution in [3.05, 3.63) is 30.3 Å². The molecule has 0 fully saturated rings. The highest BCUT2D eigenvalue weighted by Crippen LogP contribution is 2.40. The molecule has 0 aromatic heterocycles. The van der Waals surface area contributed by atoms with Gasteiger partial charge in [0.25, 0.3) is 5.59 Å². The maximum atomic E-state index is 12.0. The molecule has 0 amide bonds. The highest BCUT2D eigenvalue weighted by Gasteiger charge is 2.52. The topological polar surface area (TPSA) is 37.3 Å². The zero-order chi connectivity index (χ0) is 13.8. The zero-order valence-electron chi connectivity index (χ0n) is 11.9. The number of rotatable bonds is 5. The maximum Gasteiger partial charge on any atom is 0.275 e. The van der Waals surface area contributed by atoms with Crippen LogP contribution in [0.1, 0.15) is 40.5 Å². The van der Waals surface area contributed by atoms with Crippen LogP contribution in [-0.2, 0) is 0 Å². The average Bonchev–Trinajstić information content (AvgIpc) is 2.29. The van der Waals surface area contributed by atoms with E-state index in [1.165, 1.54) is 0 Å². The second-order valence-electron chi connectivity index (χ2n) is 5.93. The molecular formula is C15H24O2Si. The molecule has 0 bridgehead atoms. The Kier molecular flexibility index (Phi) is 4.74. The second kappa shape index (κ2) is 5.70. The third kappa shape index (κ3) is 2.66. The predicted octanol–water partition coefficient (Wildman–Crippen LogP) is 4.20. The molecular weight excluding hydrogens is 240 g/mol. The highest BCUT2D eigenvalue weighted by molar-refractivity contribution is 7.15. The van der Waals surface area contributed by atoms with E-state index in [0.29, 0.717) is 0 Å². The Morgan fingerprint density at radius 2 is 1.78 bits per heavy atom. The fraction of sp³-hybridized carbons (Fsp3) is 0.533. The quantitative estimate of drug-likeness (QED) is 0.809. The van der Waals surface area contributed by atoms with Gasteiger partial charge >= 0.3 is 0 Å². The molecule has 0 radical (unpaired) electrons. The van der Waals surface area contributed by atoms with Crippen molar-refractivity contribution in [3.63, 3.8) is 0 Å². The van der Waals surface area contributed by atoms with Crippen molar-refractivity contribution in [3.8, 4) is 0 Å². The minimum absolute atomic E-state index is 0.171. The fourth-order valence-corrected chi connectivity index (χ4v) is 7.32. The van der Waals surface area contributed by atoms with Crippen molar-refractivity contribution in [2.24, 2.45) is 0 Å². The van der Waals surface area contributed by atoms with E-state index in [4.69, 9.17) is 0 Å². The number of carbonyl (C=O) groups is 1. The Hall–Kier alpha value is -1.09. The summed E-state index contributed by atoms with van der Waals surface area (Å²) in [4.78, 5) is 12.0. The Balaban J connectivity index is 3.35.